The van der Waals surface area contributed by atoms with Gasteiger partial charge in [-0.25, -0.2) is 19.9 Å². The molecule has 100 valence electrons. The van der Waals surface area contributed by atoms with Gasteiger partial charge in [0.25, 0.3) is 5.56 Å². The molecule has 0 fully saturated rings. The van der Waals surface area contributed by atoms with E-state index in [1.165, 1.54) is 12.5 Å². The fourth-order valence-corrected chi connectivity index (χ4v) is 2.61. The van der Waals surface area contributed by atoms with Crippen molar-refractivity contribution in [1.82, 2.24) is 19.9 Å². The van der Waals surface area contributed by atoms with E-state index < -0.39 is 5.56 Å². The number of ketones is 1. The van der Waals surface area contributed by atoms with Crippen LogP contribution in [0.25, 0.3) is 22.2 Å². The molecule has 1 aliphatic carbocycles. The van der Waals surface area contributed by atoms with Crippen LogP contribution in [0.15, 0.2) is 41.8 Å². The van der Waals surface area contributed by atoms with E-state index in [2.05, 4.69) is 19.9 Å². The summed E-state index contributed by atoms with van der Waals surface area (Å²) in [4.78, 5) is 39.7. The van der Waals surface area contributed by atoms with Crippen LogP contribution in [0.4, 0.5) is 0 Å². The molecule has 0 N–H and O–H groups in total. The van der Waals surface area contributed by atoms with Crippen LogP contribution >= 0.6 is 0 Å². The molecule has 3 aromatic rings. The molecule has 2 aromatic heterocycles. The van der Waals surface area contributed by atoms with Gasteiger partial charge in [-0.1, -0.05) is 6.07 Å². The van der Waals surface area contributed by atoms with Crippen molar-refractivity contribution in [2.45, 2.75) is 6.42 Å². The van der Waals surface area contributed by atoms with Gasteiger partial charge in [-0.15, -0.1) is 0 Å². The number of carbonyl (C=O) groups is 1. The van der Waals surface area contributed by atoms with Crippen LogP contribution in [0.5, 0.6) is 0 Å². The van der Waals surface area contributed by atoms with Crippen LogP contribution in [0.1, 0.15) is 15.9 Å². The molecule has 1 aliphatic rings. The minimum Gasteiger partial charge on any atom is -0.294 e. The van der Waals surface area contributed by atoms with Gasteiger partial charge in [0.1, 0.15) is 6.33 Å². The summed E-state index contributed by atoms with van der Waals surface area (Å²) in [6, 6.07) is 3.73. The quantitative estimate of drug-likeness (QED) is 0.613. The molecule has 0 saturated carbocycles. The van der Waals surface area contributed by atoms with Gasteiger partial charge in [0, 0.05) is 29.8 Å². The molecule has 2 heterocycles. The van der Waals surface area contributed by atoms with Crippen molar-refractivity contribution in [3.63, 3.8) is 0 Å². The number of nitrogens with zero attached hydrogens (tertiary/aromatic N) is 4. The molecule has 0 spiro atoms. The maximum atomic E-state index is 12.3. The molecule has 0 radical (unpaired) electrons. The first kappa shape index (κ1) is 11.8. The second kappa shape index (κ2) is 4.24. The Hall–Kier alpha value is -3.02. The predicted octanol–water partition coefficient (Wildman–Crippen LogP) is 1.19. The average molecular weight is 276 g/mol. The first-order chi connectivity index (χ1) is 10.2. The van der Waals surface area contributed by atoms with Gasteiger partial charge in [0.2, 0.25) is 0 Å². The van der Waals surface area contributed by atoms with Crippen LogP contribution in [0.2, 0.25) is 0 Å². The van der Waals surface area contributed by atoms with Gasteiger partial charge in [0.05, 0.1) is 23.0 Å². The number of carbonyl (C=O) groups excluding carboxylic acids is 1. The second-order valence-corrected chi connectivity index (χ2v) is 4.76. The van der Waals surface area contributed by atoms with Crippen molar-refractivity contribution in [3.05, 3.63) is 58.5 Å². The minimum absolute atomic E-state index is 0.107. The third kappa shape index (κ3) is 1.73. The molecule has 1 aromatic carbocycles. The maximum absolute atomic E-state index is 12.3. The van der Waals surface area contributed by atoms with Crippen LogP contribution < -0.4 is 5.56 Å². The first-order valence-electron chi connectivity index (χ1n) is 6.35. The van der Waals surface area contributed by atoms with E-state index in [0.717, 1.165) is 28.2 Å². The van der Waals surface area contributed by atoms with Crippen molar-refractivity contribution < 1.29 is 4.79 Å². The fraction of sp³-hybridized carbons (Fsp3) is 0.0667. The first-order valence-corrected chi connectivity index (χ1v) is 6.35. The molecule has 6 nitrogen and oxygen atoms in total. The highest BCUT2D eigenvalue weighted by Gasteiger charge is 2.25. The highest BCUT2D eigenvalue weighted by Crippen LogP contribution is 2.34. The van der Waals surface area contributed by atoms with E-state index in [0.29, 0.717) is 11.3 Å². The highest BCUT2D eigenvalue weighted by atomic mass is 16.1. The van der Waals surface area contributed by atoms with Gasteiger partial charge in [-0.3, -0.25) is 9.59 Å². The summed E-state index contributed by atoms with van der Waals surface area (Å²) in [7, 11) is 0. The van der Waals surface area contributed by atoms with E-state index in [1.54, 1.807) is 6.20 Å². The summed E-state index contributed by atoms with van der Waals surface area (Å²) in [5, 5.41) is 0.831. The van der Waals surface area contributed by atoms with Crippen molar-refractivity contribution in [2.24, 2.45) is 0 Å². The topological polar surface area (TPSA) is 85.7 Å². The Morgan fingerprint density at radius 3 is 2.71 bits per heavy atom. The molecule has 0 amide bonds. The molecule has 0 bridgehead atoms. The van der Waals surface area contributed by atoms with E-state index in [9.17, 15) is 9.59 Å². The Kier molecular flexibility index (Phi) is 2.38. The summed E-state index contributed by atoms with van der Waals surface area (Å²) < 4.78 is 0. The van der Waals surface area contributed by atoms with Crippen LogP contribution in [0, 0.1) is 0 Å². The van der Waals surface area contributed by atoms with Crippen molar-refractivity contribution in [3.8, 4) is 11.3 Å². The van der Waals surface area contributed by atoms with Crippen molar-refractivity contribution >= 4 is 16.7 Å². The Morgan fingerprint density at radius 2 is 1.81 bits per heavy atom. The molecule has 0 atom stereocenters. The summed E-state index contributed by atoms with van der Waals surface area (Å²) in [6.45, 7) is 0. The van der Waals surface area contributed by atoms with E-state index in [4.69, 9.17) is 0 Å². The third-order valence-corrected chi connectivity index (χ3v) is 3.57. The lowest BCUT2D eigenvalue weighted by molar-refractivity contribution is 0.0992. The summed E-state index contributed by atoms with van der Waals surface area (Å²) in [6.07, 6.45) is 5.84. The second-order valence-electron chi connectivity index (χ2n) is 4.76. The average Bonchev–Trinajstić information content (AvgIpc) is 2.70. The lowest BCUT2D eigenvalue weighted by atomic mass is 9.87. The normalized spacial score (nSPS) is 12.9. The lowest BCUT2D eigenvalue weighted by Crippen LogP contribution is -2.13. The molecule has 0 unspecified atom stereocenters. The van der Waals surface area contributed by atoms with Crippen molar-refractivity contribution in [2.75, 3.05) is 0 Å². The van der Waals surface area contributed by atoms with E-state index in [-0.39, 0.29) is 12.2 Å². The van der Waals surface area contributed by atoms with Crippen molar-refractivity contribution in [1.29, 1.82) is 0 Å². The number of benzene rings is 1. The van der Waals surface area contributed by atoms with Gasteiger partial charge in [-0.2, -0.15) is 0 Å². The molecule has 6 heteroatoms. The zero-order valence-corrected chi connectivity index (χ0v) is 10.8. The van der Waals surface area contributed by atoms with Gasteiger partial charge in [-0.05, 0) is 11.6 Å². The number of aromatic nitrogens is 4. The summed E-state index contributed by atoms with van der Waals surface area (Å²) in [5.41, 5.74) is 2.84. The summed E-state index contributed by atoms with van der Waals surface area (Å²) in [5.74, 6) is -0.107. The Labute approximate surface area is 118 Å². The SMILES string of the molecule is O=C1Cc2c(ccc3ncncc23)-c2ncc(=O)ncc21. The predicted molar refractivity (Wildman–Crippen MR) is 74.9 cm³/mol. The zero-order valence-electron chi connectivity index (χ0n) is 10.8. The maximum Gasteiger partial charge on any atom is 0.288 e. The molecule has 21 heavy (non-hydrogen) atoms. The third-order valence-electron chi connectivity index (χ3n) is 3.57. The number of hydrogen-bond donors (Lipinski definition) is 0. The lowest BCUT2D eigenvalue weighted by Gasteiger charge is -2.17. The van der Waals surface area contributed by atoms with Gasteiger partial charge in [0.15, 0.2) is 5.78 Å². The monoisotopic (exact) mass is 276 g/mol. The van der Waals surface area contributed by atoms with E-state index >= 15 is 0 Å². The standard InChI is InChI=1S/C15H8N4O2/c20-13-3-9-8(1-2-12-10(9)4-16-7-19-12)15-11(13)5-17-14(21)6-18-15/h1-2,4-7H,3H2. The number of Topliss-reactive ketones (excluding diaryl/α,β-unsaturated/α-hetero) is 1. The Bertz CT molecular complexity index is 969. The fourth-order valence-electron chi connectivity index (χ4n) is 2.61. The largest absolute Gasteiger partial charge is 0.294 e. The Morgan fingerprint density at radius 1 is 0.905 bits per heavy atom. The zero-order chi connectivity index (χ0) is 14.4. The number of rotatable bonds is 0. The molecular weight excluding hydrogens is 268 g/mol. The number of hydrogen-bond acceptors (Lipinski definition) is 6. The molecular formula is C15H8N4O2. The smallest absolute Gasteiger partial charge is 0.288 e. The highest BCUT2D eigenvalue weighted by molar-refractivity contribution is 6.09. The minimum atomic E-state index is -0.470. The van der Waals surface area contributed by atoms with Crippen LogP contribution in [-0.2, 0) is 6.42 Å². The van der Waals surface area contributed by atoms with Gasteiger partial charge < -0.3 is 0 Å². The van der Waals surface area contributed by atoms with Crippen LogP contribution in [-0.4, -0.2) is 25.7 Å². The van der Waals surface area contributed by atoms with E-state index in [1.807, 2.05) is 12.1 Å². The summed E-state index contributed by atoms with van der Waals surface area (Å²) >= 11 is 0. The van der Waals surface area contributed by atoms with Crippen LogP contribution in [0.3, 0.4) is 0 Å². The van der Waals surface area contributed by atoms with Gasteiger partial charge >= 0.3 is 0 Å². The number of fused-ring (bicyclic) bond motifs is 5. The molecule has 0 aliphatic heterocycles. The molecule has 0 saturated heterocycles. The Balaban J connectivity index is 2.14. The molecule has 4 rings (SSSR count).